The molecule has 0 saturated carbocycles. The molecule has 0 atom stereocenters. The Morgan fingerprint density at radius 1 is 1.10 bits per heavy atom. The van der Waals surface area contributed by atoms with E-state index in [1.165, 1.54) is 28.7 Å². The summed E-state index contributed by atoms with van der Waals surface area (Å²) in [5.41, 5.74) is 2.71. The number of amides is 1. The molecule has 6 nitrogen and oxygen atoms in total. The van der Waals surface area contributed by atoms with Gasteiger partial charge < -0.3 is 11.2 Å². The molecule has 3 N–H and O–H groups in total. The van der Waals surface area contributed by atoms with Crippen molar-refractivity contribution in [2.75, 3.05) is 18.1 Å². The Labute approximate surface area is 188 Å². The smallest absolute Gasteiger partial charge is 0.282 e. The molecule has 0 spiro atoms. The molecule has 0 unspecified atom stereocenters. The fraction of sp³-hybridized carbons (Fsp3) is 0.174. The van der Waals surface area contributed by atoms with Crippen LogP contribution in [0.15, 0.2) is 76.0 Å². The lowest BCUT2D eigenvalue weighted by Gasteiger charge is -2.08. The van der Waals surface area contributed by atoms with Crippen molar-refractivity contribution < 1.29 is 4.79 Å². The first-order chi connectivity index (χ1) is 15.1. The van der Waals surface area contributed by atoms with Crippen LogP contribution in [0.1, 0.15) is 12.0 Å². The summed E-state index contributed by atoms with van der Waals surface area (Å²) in [6, 6.07) is 19.9. The van der Waals surface area contributed by atoms with E-state index in [-0.39, 0.29) is 17.2 Å². The zero-order valence-electron chi connectivity index (χ0n) is 16.8. The van der Waals surface area contributed by atoms with Crippen LogP contribution in [0.3, 0.4) is 0 Å². The summed E-state index contributed by atoms with van der Waals surface area (Å²) in [5.74, 6) is 6.06. The lowest BCUT2D eigenvalue weighted by Crippen LogP contribution is -2.31. The fourth-order valence-corrected chi connectivity index (χ4v) is 5.00. The number of nitrogens with two attached hydrogens (primary N) is 1. The molecule has 31 heavy (non-hydrogen) atoms. The van der Waals surface area contributed by atoms with Crippen molar-refractivity contribution in [1.82, 2.24) is 15.0 Å². The number of aryl methyl sites for hydroxylation is 1. The van der Waals surface area contributed by atoms with Gasteiger partial charge in [0, 0.05) is 17.5 Å². The number of thiophene rings is 1. The highest BCUT2D eigenvalue weighted by Gasteiger charge is 2.17. The van der Waals surface area contributed by atoms with Crippen molar-refractivity contribution in [3.05, 3.63) is 82.0 Å². The number of carbonyl (C=O) groups is 1. The van der Waals surface area contributed by atoms with Crippen LogP contribution >= 0.6 is 23.1 Å². The molecule has 0 radical (unpaired) electrons. The largest absolute Gasteiger partial charge is 0.355 e. The molecule has 0 aliphatic heterocycles. The summed E-state index contributed by atoms with van der Waals surface area (Å²) in [5, 5.41) is 5.67. The number of hydrogen-bond acceptors (Lipinski definition) is 6. The predicted molar refractivity (Wildman–Crippen MR) is 128 cm³/mol. The number of nitrogens with one attached hydrogen (secondary N) is 1. The van der Waals surface area contributed by atoms with Gasteiger partial charge in [-0.1, -0.05) is 72.4 Å². The van der Waals surface area contributed by atoms with E-state index < -0.39 is 0 Å². The van der Waals surface area contributed by atoms with Crippen molar-refractivity contribution in [2.45, 2.75) is 18.0 Å². The molecule has 0 aliphatic carbocycles. The minimum Gasteiger partial charge on any atom is -0.355 e. The van der Waals surface area contributed by atoms with Crippen LogP contribution in [-0.4, -0.2) is 27.9 Å². The monoisotopic (exact) mass is 450 g/mol. The number of fused-ring (bicyclic) bond motifs is 1. The quantitative estimate of drug-likeness (QED) is 0.185. The van der Waals surface area contributed by atoms with Crippen LogP contribution in [-0.2, 0) is 11.2 Å². The van der Waals surface area contributed by atoms with Gasteiger partial charge in [0.05, 0.1) is 11.1 Å². The Hall–Kier alpha value is -3.10. The fourth-order valence-electron chi connectivity index (χ4n) is 3.26. The zero-order valence-corrected chi connectivity index (χ0v) is 18.4. The van der Waals surface area contributed by atoms with E-state index in [9.17, 15) is 9.59 Å². The summed E-state index contributed by atoms with van der Waals surface area (Å²) >= 11 is 2.57. The van der Waals surface area contributed by atoms with Crippen LogP contribution in [0.2, 0.25) is 0 Å². The number of rotatable bonds is 8. The average molecular weight is 451 g/mol. The highest BCUT2D eigenvalue weighted by Crippen LogP contribution is 2.31. The molecule has 2 aromatic heterocycles. The number of nitrogens with zero attached hydrogens (tertiary/aromatic N) is 2. The molecule has 0 fully saturated rings. The van der Waals surface area contributed by atoms with Crippen LogP contribution in [0.4, 0.5) is 0 Å². The van der Waals surface area contributed by atoms with E-state index in [4.69, 9.17) is 5.84 Å². The first-order valence-electron chi connectivity index (χ1n) is 9.91. The third-order valence-electron chi connectivity index (χ3n) is 4.83. The van der Waals surface area contributed by atoms with Gasteiger partial charge in [-0.15, -0.1) is 11.3 Å². The lowest BCUT2D eigenvalue weighted by atomic mass is 10.1. The Morgan fingerprint density at radius 2 is 1.81 bits per heavy atom. The van der Waals surface area contributed by atoms with E-state index in [0.29, 0.717) is 21.9 Å². The molecule has 0 aliphatic rings. The van der Waals surface area contributed by atoms with Gasteiger partial charge in [-0.05, 0) is 24.0 Å². The molecular weight excluding hydrogens is 428 g/mol. The van der Waals surface area contributed by atoms with Crippen molar-refractivity contribution in [2.24, 2.45) is 0 Å². The molecular formula is C23H22N4O2S2. The van der Waals surface area contributed by atoms with Gasteiger partial charge in [0.1, 0.15) is 4.83 Å². The second-order valence-corrected chi connectivity index (χ2v) is 8.79. The SMILES string of the molecule is Nn1c(SCC(=O)NCCCc2ccccc2)nc2scc(-c3ccccc3)c2c1=O. The van der Waals surface area contributed by atoms with Gasteiger partial charge in [-0.25, -0.2) is 9.66 Å². The van der Waals surface area contributed by atoms with E-state index in [1.807, 2.05) is 53.9 Å². The summed E-state index contributed by atoms with van der Waals surface area (Å²) in [4.78, 5) is 30.2. The lowest BCUT2D eigenvalue weighted by molar-refractivity contribution is -0.118. The zero-order chi connectivity index (χ0) is 21.6. The molecule has 2 heterocycles. The maximum atomic E-state index is 12.9. The molecule has 4 aromatic rings. The standard InChI is InChI=1S/C23H22N4O2S2/c24-27-22(29)20-18(17-11-5-2-6-12-17)14-30-21(20)26-23(27)31-15-19(28)25-13-7-10-16-8-3-1-4-9-16/h1-6,8-9,11-12,14H,7,10,13,15,24H2,(H,25,28). The Balaban J connectivity index is 1.38. The van der Waals surface area contributed by atoms with Crippen molar-refractivity contribution in [3.8, 4) is 11.1 Å². The number of aromatic nitrogens is 2. The average Bonchev–Trinajstić information content (AvgIpc) is 3.23. The topological polar surface area (TPSA) is 90.0 Å². The first-order valence-corrected chi connectivity index (χ1v) is 11.8. The molecule has 158 valence electrons. The van der Waals surface area contributed by atoms with Gasteiger partial charge >= 0.3 is 0 Å². The Morgan fingerprint density at radius 3 is 2.55 bits per heavy atom. The highest BCUT2D eigenvalue weighted by atomic mass is 32.2. The second kappa shape index (κ2) is 9.80. The maximum absolute atomic E-state index is 12.9. The van der Waals surface area contributed by atoms with Gasteiger partial charge in [-0.3, -0.25) is 9.59 Å². The van der Waals surface area contributed by atoms with E-state index >= 15 is 0 Å². The number of thioether (sulfide) groups is 1. The second-order valence-electron chi connectivity index (χ2n) is 6.99. The van der Waals surface area contributed by atoms with E-state index in [1.54, 1.807) is 0 Å². The van der Waals surface area contributed by atoms with E-state index in [2.05, 4.69) is 22.4 Å². The van der Waals surface area contributed by atoms with Crippen LogP contribution in [0.5, 0.6) is 0 Å². The van der Waals surface area contributed by atoms with Crippen LogP contribution in [0, 0.1) is 0 Å². The Kier molecular flexibility index (Phi) is 6.69. The molecule has 4 rings (SSSR count). The van der Waals surface area contributed by atoms with Crippen LogP contribution < -0.4 is 16.7 Å². The third kappa shape index (κ3) is 4.98. The van der Waals surface area contributed by atoms with Crippen LogP contribution in [0.25, 0.3) is 21.3 Å². The highest BCUT2D eigenvalue weighted by molar-refractivity contribution is 7.99. The predicted octanol–water partition coefficient (Wildman–Crippen LogP) is 3.68. The summed E-state index contributed by atoms with van der Waals surface area (Å²) in [6.07, 6.45) is 1.78. The molecule has 8 heteroatoms. The van der Waals surface area contributed by atoms with Crippen molar-refractivity contribution in [3.63, 3.8) is 0 Å². The minimum absolute atomic E-state index is 0.108. The van der Waals surface area contributed by atoms with Gasteiger partial charge in [0.15, 0.2) is 5.16 Å². The number of nitrogen functional groups attached to an aromatic ring is 1. The number of hydrogen-bond donors (Lipinski definition) is 2. The Bertz CT molecular complexity index is 1240. The molecule has 2 aromatic carbocycles. The molecule has 0 bridgehead atoms. The summed E-state index contributed by atoms with van der Waals surface area (Å²) in [7, 11) is 0. The van der Waals surface area contributed by atoms with Gasteiger partial charge in [0.2, 0.25) is 5.91 Å². The van der Waals surface area contributed by atoms with Crippen molar-refractivity contribution in [1.29, 1.82) is 0 Å². The summed E-state index contributed by atoms with van der Waals surface area (Å²) < 4.78 is 1.04. The molecule has 1 amide bonds. The maximum Gasteiger partial charge on any atom is 0.282 e. The van der Waals surface area contributed by atoms with Gasteiger partial charge in [0.25, 0.3) is 5.56 Å². The molecule has 0 saturated heterocycles. The summed E-state index contributed by atoms with van der Waals surface area (Å²) in [6.45, 7) is 0.599. The van der Waals surface area contributed by atoms with Gasteiger partial charge in [-0.2, -0.15) is 0 Å². The van der Waals surface area contributed by atoms with Crippen molar-refractivity contribution >= 4 is 39.2 Å². The normalized spacial score (nSPS) is 11.0. The minimum atomic E-state index is -0.309. The number of benzene rings is 2. The number of carbonyl (C=O) groups excluding carboxylic acids is 1. The first kappa shape index (κ1) is 21.1. The van der Waals surface area contributed by atoms with E-state index in [0.717, 1.165) is 28.6 Å². The third-order valence-corrected chi connectivity index (χ3v) is 6.66.